The van der Waals surface area contributed by atoms with E-state index in [1.165, 1.54) is 12.1 Å². The van der Waals surface area contributed by atoms with E-state index < -0.39 is 51.4 Å². The highest BCUT2D eigenvalue weighted by Gasteiger charge is 2.36. The van der Waals surface area contributed by atoms with E-state index in [0.717, 1.165) is 37.5 Å². The Bertz CT molecular complexity index is 1160. The summed E-state index contributed by atoms with van der Waals surface area (Å²) < 4.78 is 44.8. The number of hydrogen-bond donors (Lipinski definition) is 1. The molecule has 11 nitrogen and oxygen atoms in total. The van der Waals surface area contributed by atoms with Gasteiger partial charge in [-0.15, -0.1) is 0 Å². The van der Waals surface area contributed by atoms with Crippen LogP contribution in [0.25, 0.3) is 0 Å². The Morgan fingerprint density at radius 3 is 2.17 bits per heavy atom. The summed E-state index contributed by atoms with van der Waals surface area (Å²) in [4.78, 5) is 47.0. The van der Waals surface area contributed by atoms with Gasteiger partial charge in [-0.05, 0) is 31.4 Å². The first-order valence-corrected chi connectivity index (χ1v) is 10.3. The largest absolute Gasteiger partial charge is 0.452 e. The zero-order valence-electron chi connectivity index (χ0n) is 18.0. The molecule has 0 aliphatic carbocycles. The molecule has 1 fully saturated rings. The summed E-state index contributed by atoms with van der Waals surface area (Å²) in [6, 6.07) is 5.44. The van der Waals surface area contributed by atoms with Crippen molar-refractivity contribution in [3.63, 3.8) is 0 Å². The number of esters is 1. The number of nitro groups is 2. The molecule has 0 radical (unpaired) electrons. The molecular weight excluding hydrogens is 477 g/mol. The van der Waals surface area contributed by atoms with Gasteiger partial charge < -0.3 is 15.0 Å². The van der Waals surface area contributed by atoms with Gasteiger partial charge in [0.05, 0.1) is 32.3 Å². The number of anilines is 2. The molecule has 1 N–H and O–H groups in total. The van der Waals surface area contributed by atoms with Gasteiger partial charge in [-0.25, -0.2) is 4.79 Å². The van der Waals surface area contributed by atoms with Crippen molar-refractivity contribution < 1.29 is 37.3 Å². The van der Waals surface area contributed by atoms with Crippen molar-refractivity contribution in [2.45, 2.75) is 25.4 Å². The van der Waals surface area contributed by atoms with Crippen LogP contribution in [0, 0.1) is 20.2 Å². The van der Waals surface area contributed by atoms with Gasteiger partial charge in [-0.2, -0.15) is 13.2 Å². The molecule has 1 saturated heterocycles. The van der Waals surface area contributed by atoms with Gasteiger partial charge in [0.15, 0.2) is 6.61 Å². The quantitative estimate of drug-likeness (QED) is 0.339. The van der Waals surface area contributed by atoms with Crippen LogP contribution in [0.5, 0.6) is 0 Å². The molecule has 0 atom stereocenters. The number of carbonyl (C=O) groups excluding carboxylic acids is 2. The van der Waals surface area contributed by atoms with Gasteiger partial charge in [0.2, 0.25) is 0 Å². The highest BCUT2D eigenvalue weighted by molar-refractivity contribution is 5.99. The van der Waals surface area contributed by atoms with E-state index in [1.807, 2.05) is 10.2 Å². The van der Waals surface area contributed by atoms with E-state index in [4.69, 9.17) is 4.74 Å². The maximum absolute atomic E-state index is 13.3. The van der Waals surface area contributed by atoms with Crippen LogP contribution in [0.15, 0.2) is 36.4 Å². The van der Waals surface area contributed by atoms with Crippen molar-refractivity contribution in [3.05, 3.63) is 67.8 Å². The number of halogens is 3. The van der Waals surface area contributed by atoms with Gasteiger partial charge in [-0.1, -0.05) is 0 Å². The molecule has 1 aliphatic rings. The second kappa shape index (κ2) is 10.4. The number of non-ortho nitro benzene ring substituents is 2. The molecule has 1 heterocycles. The monoisotopic (exact) mass is 496 g/mol. The number of alkyl halides is 3. The van der Waals surface area contributed by atoms with Gasteiger partial charge >= 0.3 is 12.1 Å². The highest BCUT2D eigenvalue weighted by atomic mass is 19.4. The number of nitrogens with one attached hydrogen (secondary N) is 1. The Balaban J connectivity index is 1.76. The van der Waals surface area contributed by atoms with Crippen LogP contribution in [0.1, 0.15) is 35.2 Å². The van der Waals surface area contributed by atoms with Crippen LogP contribution < -0.4 is 10.2 Å². The Hall–Kier alpha value is -4.23. The zero-order chi connectivity index (χ0) is 25.8. The third-order valence-electron chi connectivity index (χ3n) is 5.24. The molecule has 2 aromatic carbocycles. The van der Waals surface area contributed by atoms with Gasteiger partial charge in [0.25, 0.3) is 17.3 Å². The summed E-state index contributed by atoms with van der Waals surface area (Å²) >= 11 is 0. The lowest BCUT2D eigenvalue weighted by molar-refractivity contribution is -0.385. The minimum Gasteiger partial charge on any atom is -0.452 e. The van der Waals surface area contributed by atoms with E-state index in [2.05, 4.69) is 0 Å². The van der Waals surface area contributed by atoms with Crippen molar-refractivity contribution >= 4 is 34.6 Å². The van der Waals surface area contributed by atoms with Crippen molar-refractivity contribution in [3.8, 4) is 0 Å². The predicted molar refractivity (Wildman–Crippen MR) is 116 cm³/mol. The zero-order valence-corrected chi connectivity index (χ0v) is 18.0. The number of hydrogen-bond acceptors (Lipinski definition) is 8. The van der Waals surface area contributed by atoms with E-state index in [1.54, 1.807) is 0 Å². The van der Waals surface area contributed by atoms with Gasteiger partial charge in [0.1, 0.15) is 0 Å². The average Bonchev–Trinajstić information content (AvgIpc) is 2.82. The first-order valence-electron chi connectivity index (χ1n) is 10.3. The minimum atomic E-state index is -5.00. The Morgan fingerprint density at radius 2 is 1.57 bits per heavy atom. The van der Waals surface area contributed by atoms with Gasteiger partial charge in [0, 0.05) is 37.4 Å². The summed E-state index contributed by atoms with van der Waals surface area (Å²) in [6.45, 7) is 0.229. The standard InChI is InChI=1S/C21H19F3N4O7/c22-21(23,24)16-11-14(28(33)34)4-6-17(16)25-19(29)12-35-20(30)15-10-13(27(31)32)5-7-18(15)26-8-2-1-3-9-26/h4-7,10-11H,1-3,8-9,12H2,(H,25,29). The average molecular weight is 496 g/mol. The summed E-state index contributed by atoms with van der Waals surface area (Å²) in [5.74, 6) is -2.20. The SMILES string of the molecule is O=C(COC(=O)c1cc([N+](=O)[O-])ccc1N1CCCCC1)Nc1ccc([N+](=O)[O-])cc1C(F)(F)F. The molecular formula is C21H19F3N4O7. The fraction of sp³-hybridized carbons (Fsp3) is 0.333. The number of nitrogens with zero attached hydrogens (tertiary/aromatic N) is 3. The number of piperidine rings is 1. The predicted octanol–water partition coefficient (Wildman–Crippen LogP) is 4.31. The second-order valence-electron chi connectivity index (χ2n) is 7.62. The minimum absolute atomic E-state index is 0.153. The molecule has 0 aromatic heterocycles. The Morgan fingerprint density at radius 1 is 0.971 bits per heavy atom. The molecule has 0 saturated carbocycles. The summed E-state index contributed by atoms with van der Waals surface area (Å²) in [7, 11) is 0. The van der Waals surface area contributed by atoms with Crippen LogP contribution in [-0.4, -0.2) is 41.4 Å². The molecule has 1 amide bonds. The number of benzene rings is 2. The normalized spacial score (nSPS) is 13.7. The van der Waals surface area contributed by atoms with E-state index >= 15 is 0 Å². The molecule has 14 heteroatoms. The third kappa shape index (κ3) is 6.22. The number of ether oxygens (including phenoxy) is 1. The van der Waals surface area contributed by atoms with Crippen LogP contribution >= 0.6 is 0 Å². The number of rotatable bonds is 7. The lowest BCUT2D eigenvalue weighted by atomic mass is 10.1. The molecule has 1 aliphatic heterocycles. The summed E-state index contributed by atoms with van der Waals surface area (Å²) in [5.41, 5.74) is -3.16. The highest BCUT2D eigenvalue weighted by Crippen LogP contribution is 2.37. The first-order chi connectivity index (χ1) is 16.5. The van der Waals surface area contributed by atoms with Crippen LogP contribution in [-0.2, 0) is 15.7 Å². The molecule has 3 rings (SSSR count). The van der Waals surface area contributed by atoms with Gasteiger partial charge in [-0.3, -0.25) is 25.0 Å². The summed E-state index contributed by atoms with van der Waals surface area (Å²) in [5, 5.41) is 23.9. The third-order valence-corrected chi connectivity index (χ3v) is 5.24. The molecule has 186 valence electrons. The van der Waals surface area contributed by atoms with Crippen LogP contribution in [0.3, 0.4) is 0 Å². The van der Waals surface area contributed by atoms with E-state index in [0.29, 0.717) is 18.8 Å². The van der Waals surface area contributed by atoms with Crippen molar-refractivity contribution in [2.75, 3.05) is 29.9 Å². The second-order valence-corrected chi connectivity index (χ2v) is 7.62. The molecule has 0 spiro atoms. The maximum atomic E-state index is 13.3. The molecule has 0 bridgehead atoms. The maximum Gasteiger partial charge on any atom is 0.418 e. The van der Waals surface area contributed by atoms with Crippen LogP contribution in [0.2, 0.25) is 0 Å². The topological polar surface area (TPSA) is 145 Å². The fourth-order valence-corrected chi connectivity index (χ4v) is 3.60. The summed E-state index contributed by atoms with van der Waals surface area (Å²) in [6.07, 6.45) is -2.31. The van der Waals surface area contributed by atoms with E-state index in [9.17, 15) is 43.0 Å². The molecule has 0 unspecified atom stereocenters. The Labute approximate surface area is 195 Å². The molecule has 35 heavy (non-hydrogen) atoms. The van der Waals surface area contributed by atoms with E-state index in [-0.39, 0.29) is 17.3 Å². The fourth-order valence-electron chi connectivity index (χ4n) is 3.60. The smallest absolute Gasteiger partial charge is 0.418 e. The number of carbonyl (C=O) groups is 2. The molecule has 2 aromatic rings. The number of nitro benzene ring substituents is 2. The lowest BCUT2D eigenvalue weighted by Gasteiger charge is -2.30. The first kappa shape index (κ1) is 25.4. The Kier molecular flexibility index (Phi) is 7.52. The van der Waals surface area contributed by atoms with Crippen molar-refractivity contribution in [1.82, 2.24) is 0 Å². The van der Waals surface area contributed by atoms with Crippen molar-refractivity contribution in [2.24, 2.45) is 0 Å². The number of amides is 1. The van der Waals surface area contributed by atoms with Crippen molar-refractivity contribution in [1.29, 1.82) is 0 Å². The van der Waals surface area contributed by atoms with Crippen LogP contribution in [0.4, 0.5) is 35.9 Å². The lowest BCUT2D eigenvalue weighted by Crippen LogP contribution is -2.31.